The number of halogens is 3. The summed E-state index contributed by atoms with van der Waals surface area (Å²) < 4.78 is 13.2. The van der Waals surface area contributed by atoms with Crippen LogP contribution in [-0.4, -0.2) is 17.9 Å². The Kier molecular flexibility index (Phi) is 6.39. The van der Waals surface area contributed by atoms with E-state index in [-0.39, 0.29) is 10.9 Å². The average molecular weight is 383 g/mol. The smallest absolute Gasteiger partial charge is 0.253 e. The summed E-state index contributed by atoms with van der Waals surface area (Å²) in [5.74, 6) is -1.34. The summed E-state index contributed by atoms with van der Waals surface area (Å²) in [7, 11) is 0. The van der Waals surface area contributed by atoms with E-state index in [1.165, 1.54) is 12.1 Å². The van der Waals surface area contributed by atoms with Gasteiger partial charge in [-0.3, -0.25) is 9.59 Å². The highest BCUT2D eigenvalue weighted by Gasteiger charge is 2.20. The van der Waals surface area contributed by atoms with Crippen molar-refractivity contribution in [2.45, 2.75) is 25.9 Å². The summed E-state index contributed by atoms with van der Waals surface area (Å²) in [6.45, 7) is 3.30. The van der Waals surface area contributed by atoms with Gasteiger partial charge in [-0.2, -0.15) is 0 Å². The number of hydrogen-bond acceptors (Lipinski definition) is 2. The number of amides is 2. The van der Waals surface area contributed by atoms with Gasteiger partial charge >= 0.3 is 0 Å². The van der Waals surface area contributed by atoms with E-state index in [4.69, 9.17) is 23.2 Å². The van der Waals surface area contributed by atoms with Crippen LogP contribution in [0.5, 0.6) is 0 Å². The van der Waals surface area contributed by atoms with E-state index in [0.29, 0.717) is 16.1 Å². The van der Waals surface area contributed by atoms with Gasteiger partial charge < -0.3 is 10.6 Å². The highest BCUT2D eigenvalue weighted by Crippen LogP contribution is 2.21. The second-order valence-corrected chi connectivity index (χ2v) is 6.39. The lowest BCUT2D eigenvalue weighted by Gasteiger charge is -2.19. The van der Waals surface area contributed by atoms with Crippen molar-refractivity contribution < 1.29 is 14.0 Å². The first-order chi connectivity index (χ1) is 11.8. The second-order valence-electron chi connectivity index (χ2n) is 5.58. The molecule has 2 N–H and O–H groups in total. The zero-order valence-electron chi connectivity index (χ0n) is 13.6. The maximum Gasteiger partial charge on any atom is 0.253 e. The lowest BCUT2D eigenvalue weighted by molar-refractivity contribution is -0.123. The quantitative estimate of drug-likeness (QED) is 0.816. The van der Waals surface area contributed by atoms with Crippen LogP contribution < -0.4 is 10.6 Å². The minimum atomic E-state index is -0.776. The first-order valence-corrected chi connectivity index (χ1v) is 8.36. The number of hydrogen-bond donors (Lipinski definition) is 2. The van der Waals surface area contributed by atoms with Gasteiger partial charge in [-0.25, -0.2) is 4.39 Å². The van der Waals surface area contributed by atoms with Crippen molar-refractivity contribution in [1.29, 1.82) is 0 Å². The molecule has 0 spiro atoms. The Balaban J connectivity index is 1.99. The first kappa shape index (κ1) is 19.2. The molecule has 2 rings (SSSR count). The fraction of sp³-hybridized carbons (Fsp3) is 0.222. The van der Waals surface area contributed by atoms with Crippen molar-refractivity contribution in [3.05, 3.63) is 69.5 Å². The Labute approximate surface area is 155 Å². The molecule has 0 bridgehead atoms. The van der Waals surface area contributed by atoms with Crippen molar-refractivity contribution in [1.82, 2.24) is 10.6 Å². The third kappa shape index (κ3) is 4.94. The zero-order chi connectivity index (χ0) is 18.6. The molecule has 0 saturated carbocycles. The maximum absolute atomic E-state index is 13.2. The summed E-state index contributed by atoms with van der Waals surface area (Å²) in [6.07, 6.45) is 0. The molecule has 0 saturated heterocycles. The highest BCUT2D eigenvalue weighted by molar-refractivity contribution is 6.33. The van der Waals surface area contributed by atoms with Crippen LogP contribution in [0.1, 0.15) is 35.8 Å². The SMILES string of the molecule is C[C@H](NC(=O)c1ccccc1Cl)C(=O)N[C@H](C)c1ccc(F)c(Cl)c1. The van der Waals surface area contributed by atoms with Crippen molar-refractivity contribution >= 4 is 35.0 Å². The van der Waals surface area contributed by atoms with Gasteiger partial charge in [-0.15, -0.1) is 0 Å². The zero-order valence-corrected chi connectivity index (χ0v) is 15.2. The third-order valence-corrected chi connectivity index (χ3v) is 4.28. The fourth-order valence-corrected chi connectivity index (χ4v) is 2.60. The number of rotatable bonds is 5. The van der Waals surface area contributed by atoms with Crippen LogP contribution in [0.25, 0.3) is 0 Å². The molecule has 0 aliphatic heterocycles. The van der Waals surface area contributed by atoms with E-state index < -0.39 is 23.8 Å². The molecule has 0 fully saturated rings. The first-order valence-electron chi connectivity index (χ1n) is 7.60. The largest absolute Gasteiger partial charge is 0.348 e. The molecule has 2 aromatic carbocycles. The van der Waals surface area contributed by atoms with Crippen LogP contribution in [0.3, 0.4) is 0 Å². The molecule has 7 heteroatoms. The normalized spacial score (nSPS) is 13.0. The van der Waals surface area contributed by atoms with Gasteiger partial charge in [-0.05, 0) is 43.7 Å². The minimum absolute atomic E-state index is 0.0151. The minimum Gasteiger partial charge on any atom is -0.348 e. The Morgan fingerprint density at radius 2 is 1.68 bits per heavy atom. The monoisotopic (exact) mass is 382 g/mol. The van der Waals surface area contributed by atoms with Crippen molar-refractivity contribution in [3.63, 3.8) is 0 Å². The second kappa shape index (κ2) is 8.32. The van der Waals surface area contributed by atoms with Crippen LogP contribution in [0, 0.1) is 5.82 Å². The Morgan fingerprint density at radius 1 is 1.00 bits per heavy atom. The van der Waals surface area contributed by atoms with Crippen molar-refractivity contribution in [2.24, 2.45) is 0 Å². The molecular formula is C18H17Cl2FN2O2. The molecule has 132 valence electrons. The van der Waals surface area contributed by atoms with Gasteiger partial charge in [0, 0.05) is 0 Å². The standard InChI is InChI=1S/C18H17Cl2FN2O2/c1-10(12-7-8-16(21)15(20)9-12)22-17(24)11(2)23-18(25)13-5-3-4-6-14(13)19/h3-11H,1-2H3,(H,22,24)(H,23,25)/t10-,11+/m1/s1. The highest BCUT2D eigenvalue weighted by atomic mass is 35.5. The van der Waals surface area contributed by atoms with E-state index in [9.17, 15) is 14.0 Å². The van der Waals surface area contributed by atoms with Crippen LogP contribution in [0.2, 0.25) is 10.0 Å². The summed E-state index contributed by atoms with van der Waals surface area (Å²) in [4.78, 5) is 24.4. The summed E-state index contributed by atoms with van der Waals surface area (Å²) in [6, 6.07) is 9.63. The van der Waals surface area contributed by atoms with E-state index in [2.05, 4.69) is 10.6 Å². The Morgan fingerprint density at radius 3 is 2.32 bits per heavy atom. The molecule has 0 aliphatic rings. The van der Waals surface area contributed by atoms with E-state index in [1.54, 1.807) is 44.2 Å². The van der Waals surface area contributed by atoms with E-state index in [1.807, 2.05) is 0 Å². The molecule has 0 aliphatic carbocycles. The van der Waals surface area contributed by atoms with Crippen molar-refractivity contribution in [3.8, 4) is 0 Å². The molecule has 0 unspecified atom stereocenters. The Hall–Kier alpha value is -2.11. The topological polar surface area (TPSA) is 58.2 Å². The Bertz CT molecular complexity index is 798. The fourth-order valence-electron chi connectivity index (χ4n) is 2.19. The summed E-state index contributed by atoms with van der Waals surface area (Å²) in [5.41, 5.74) is 0.951. The van der Waals surface area contributed by atoms with Crippen LogP contribution in [-0.2, 0) is 4.79 Å². The van der Waals surface area contributed by atoms with E-state index in [0.717, 1.165) is 0 Å². The van der Waals surface area contributed by atoms with Gasteiger partial charge in [0.15, 0.2) is 0 Å². The van der Waals surface area contributed by atoms with Crippen LogP contribution >= 0.6 is 23.2 Å². The predicted molar refractivity (Wildman–Crippen MR) is 96.3 cm³/mol. The molecular weight excluding hydrogens is 366 g/mol. The number of carbonyl (C=O) groups is 2. The molecule has 4 nitrogen and oxygen atoms in total. The lowest BCUT2D eigenvalue weighted by Crippen LogP contribution is -2.45. The van der Waals surface area contributed by atoms with Gasteiger partial charge in [0.05, 0.1) is 21.7 Å². The van der Waals surface area contributed by atoms with Crippen molar-refractivity contribution in [2.75, 3.05) is 0 Å². The molecule has 2 atom stereocenters. The summed E-state index contributed by atoms with van der Waals surface area (Å²) in [5, 5.41) is 5.63. The van der Waals surface area contributed by atoms with Gasteiger partial charge in [0.1, 0.15) is 11.9 Å². The predicted octanol–water partition coefficient (Wildman–Crippen LogP) is 4.13. The molecule has 25 heavy (non-hydrogen) atoms. The van der Waals surface area contributed by atoms with Gasteiger partial charge in [0.2, 0.25) is 5.91 Å². The molecule has 0 aromatic heterocycles. The van der Waals surface area contributed by atoms with Gasteiger partial charge in [-0.1, -0.05) is 41.4 Å². The number of carbonyl (C=O) groups excluding carboxylic acids is 2. The molecule has 2 amide bonds. The van der Waals surface area contributed by atoms with Crippen LogP contribution in [0.4, 0.5) is 4.39 Å². The molecule has 2 aromatic rings. The maximum atomic E-state index is 13.2. The summed E-state index contributed by atoms with van der Waals surface area (Å²) >= 11 is 11.7. The van der Waals surface area contributed by atoms with Gasteiger partial charge in [0.25, 0.3) is 5.91 Å². The lowest BCUT2D eigenvalue weighted by atomic mass is 10.1. The number of benzene rings is 2. The average Bonchev–Trinajstić information content (AvgIpc) is 2.57. The molecule has 0 radical (unpaired) electrons. The van der Waals surface area contributed by atoms with E-state index >= 15 is 0 Å². The number of nitrogens with one attached hydrogen (secondary N) is 2. The third-order valence-electron chi connectivity index (χ3n) is 3.66. The van der Waals surface area contributed by atoms with Crippen LogP contribution in [0.15, 0.2) is 42.5 Å². The molecule has 0 heterocycles.